The molecule has 1 aliphatic rings. The molecule has 1 saturated carbocycles. The molecule has 1 aromatic carbocycles. The van der Waals surface area contributed by atoms with Gasteiger partial charge in [-0.25, -0.2) is 9.78 Å². The van der Waals surface area contributed by atoms with Gasteiger partial charge in [0.2, 0.25) is 0 Å². The van der Waals surface area contributed by atoms with Gasteiger partial charge in [-0.3, -0.25) is 4.79 Å². The maximum absolute atomic E-state index is 12.2. The molecule has 3 rings (SSSR count). The number of carbonyl (C=O) groups is 2. The Labute approximate surface area is 139 Å². The second-order valence-corrected chi connectivity index (χ2v) is 6.79. The standard InChI is InChI=1S/C17H20N2O3S/c1-19(13-5-3-2-4-6-13)16(20)10-22-17(21)12-7-8-14-15(9-12)23-11-18-14/h7-9,11,13H,2-6,10H2,1H3. The largest absolute Gasteiger partial charge is 0.452 e. The lowest BCUT2D eigenvalue weighted by atomic mass is 9.94. The minimum atomic E-state index is -0.467. The van der Waals surface area contributed by atoms with Crippen LogP contribution >= 0.6 is 11.3 Å². The molecule has 0 spiro atoms. The molecule has 5 nitrogen and oxygen atoms in total. The van der Waals surface area contributed by atoms with Gasteiger partial charge in [0.25, 0.3) is 5.91 Å². The van der Waals surface area contributed by atoms with E-state index in [1.54, 1.807) is 35.7 Å². The minimum Gasteiger partial charge on any atom is -0.452 e. The van der Waals surface area contributed by atoms with Gasteiger partial charge in [0, 0.05) is 13.1 Å². The van der Waals surface area contributed by atoms with Crippen LogP contribution in [0.2, 0.25) is 0 Å². The number of hydrogen-bond acceptors (Lipinski definition) is 5. The number of ether oxygens (including phenoxy) is 1. The van der Waals surface area contributed by atoms with Crippen LogP contribution in [0, 0.1) is 0 Å². The first-order chi connectivity index (χ1) is 11.1. The average Bonchev–Trinajstić information content (AvgIpc) is 3.07. The van der Waals surface area contributed by atoms with Crippen molar-refractivity contribution in [3.63, 3.8) is 0 Å². The molecule has 0 aliphatic heterocycles. The topological polar surface area (TPSA) is 59.5 Å². The fourth-order valence-corrected chi connectivity index (χ4v) is 3.68. The van der Waals surface area contributed by atoms with Crippen molar-refractivity contribution in [1.29, 1.82) is 0 Å². The van der Waals surface area contributed by atoms with Crippen LogP contribution in [0.3, 0.4) is 0 Å². The van der Waals surface area contributed by atoms with Gasteiger partial charge in [-0.05, 0) is 31.0 Å². The van der Waals surface area contributed by atoms with E-state index in [1.807, 2.05) is 0 Å². The van der Waals surface area contributed by atoms with Crippen LogP contribution in [-0.2, 0) is 9.53 Å². The van der Waals surface area contributed by atoms with E-state index in [1.165, 1.54) is 17.8 Å². The monoisotopic (exact) mass is 332 g/mol. The van der Waals surface area contributed by atoms with Gasteiger partial charge in [0.15, 0.2) is 6.61 Å². The predicted octanol–water partition coefficient (Wildman–Crippen LogP) is 3.24. The molecule has 1 fully saturated rings. The Balaban J connectivity index is 1.56. The highest BCUT2D eigenvalue weighted by atomic mass is 32.1. The smallest absolute Gasteiger partial charge is 0.338 e. The van der Waals surface area contributed by atoms with Gasteiger partial charge >= 0.3 is 5.97 Å². The van der Waals surface area contributed by atoms with E-state index in [9.17, 15) is 9.59 Å². The summed E-state index contributed by atoms with van der Waals surface area (Å²) in [5.41, 5.74) is 3.05. The molecule has 2 aromatic rings. The molecule has 122 valence electrons. The summed E-state index contributed by atoms with van der Waals surface area (Å²) in [6.45, 7) is -0.202. The molecule has 23 heavy (non-hydrogen) atoms. The summed E-state index contributed by atoms with van der Waals surface area (Å²) in [6, 6.07) is 5.51. The number of likely N-dealkylation sites (N-methyl/N-ethyl adjacent to an activating group) is 1. The van der Waals surface area contributed by atoms with Crippen molar-refractivity contribution in [2.24, 2.45) is 0 Å². The predicted molar refractivity (Wildman–Crippen MR) is 89.5 cm³/mol. The van der Waals surface area contributed by atoms with E-state index in [2.05, 4.69) is 4.98 Å². The SMILES string of the molecule is CN(C(=O)COC(=O)c1ccc2ncsc2c1)C1CCCCC1. The van der Waals surface area contributed by atoms with Gasteiger partial charge in [0.05, 0.1) is 21.3 Å². The summed E-state index contributed by atoms with van der Waals surface area (Å²) in [4.78, 5) is 30.2. The Kier molecular flexibility index (Phi) is 4.91. The lowest BCUT2D eigenvalue weighted by Crippen LogP contribution is -2.40. The first kappa shape index (κ1) is 15.9. The average molecular weight is 332 g/mol. The molecular weight excluding hydrogens is 312 g/mol. The third-order valence-electron chi connectivity index (χ3n) is 4.41. The molecule has 1 aliphatic carbocycles. The number of benzene rings is 1. The zero-order chi connectivity index (χ0) is 16.2. The van der Waals surface area contributed by atoms with Crippen molar-refractivity contribution in [2.45, 2.75) is 38.1 Å². The van der Waals surface area contributed by atoms with Crippen molar-refractivity contribution in [3.8, 4) is 0 Å². The highest BCUT2D eigenvalue weighted by Gasteiger charge is 2.23. The van der Waals surface area contributed by atoms with Gasteiger partial charge in [-0.2, -0.15) is 0 Å². The molecule has 0 saturated heterocycles. The number of thiazole rings is 1. The Morgan fingerprint density at radius 1 is 1.30 bits per heavy atom. The van der Waals surface area contributed by atoms with Crippen molar-refractivity contribution in [1.82, 2.24) is 9.88 Å². The van der Waals surface area contributed by atoms with Crippen LogP contribution in [0.5, 0.6) is 0 Å². The van der Waals surface area contributed by atoms with Crippen molar-refractivity contribution < 1.29 is 14.3 Å². The van der Waals surface area contributed by atoms with Crippen LogP contribution in [0.15, 0.2) is 23.7 Å². The van der Waals surface area contributed by atoms with E-state index in [0.29, 0.717) is 5.56 Å². The molecule has 1 heterocycles. The van der Waals surface area contributed by atoms with Crippen molar-refractivity contribution in [2.75, 3.05) is 13.7 Å². The molecule has 0 unspecified atom stereocenters. The number of hydrogen-bond donors (Lipinski definition) is 0. The molecule has 0 bridgehead atoms. The molecular formula is C17H20N2O3S. The van der Waals surface area contributed by atoms with Gasteiger partial charge in [-0.15, -0.1) is 11.3 Å². The maximum Gasteiger partial charge on any atom is 0.338 e. The maximum atomic E-state index is 12.2. The third kappa shape index (κ3) is 3.69. The molecule has 0 N–H and O–H groups in total. The summed E-state index contributed by atoms with van der Waals surface area (Å²) in [5.74, 6) is -0.602. The van der Waals surface area contributed by atoms with Crippen molar-refractivity contribution >= 4 is 33.4 Å². The highest BCUT2D eigenvalue weighted by molar-refractivity contribution is 7.16. The minimum absolute atomic E-state index is 0.135. The summed E-state index contributed by atoms with van der Waals surface area (Å²) < 4.78 is 6.12. The lowest BCUT2D eigenvalue weighted by molar-refractivity contribution is -0.135. The number of esters is 1. The summed E-state index contributed by atoms with van der Waals surface area (Å²) in [5, 5.41) is 0. The Hall–Kier alpha value is -1.95. The number of amides is 1. The number of carbonyl (C=O) groups excluding carboxylic acids is 2. The summed E-state index contributed by atoms with van der Waals surface area (Å²) in [6.07, 6.45) is 5.65. The van der Waals surface area contributed by atoms with Crippen LogP contribution in [0.4, 0.5) is 0 Å². The zero-order valence-corrected chi connectivity index (χ0v) is 14.0. The van der Waals surface area contributed by atoms with Crippen LogP contribution < -0.4 is 0 Å². The molecule has 1 amide bonds. The number of aromatic nitrogens is 1. The van der Waals surface area contributed by atoms with Crippen molar-refractivity contribution in [3.05, 3.63) is 29.3 Å². The first-order valence-electron chi connectivity index (χ1n) is 7.91. The molecule has 0 radical (unpaired) electrons. The van der Waals surface area contributed by atoms with Gasteiger partial charge < -0.3 is 9.64 Å². The van der Waals surface area contributed by atoms with E-state index in [4.69, 9.17) is 4.74 Å². The Morgan fingerprint density at radius 2 is 2.09 bits per heavy atom. The Morgan fingerprint density at radius 3 is 2.87 bits per heavy atom. The zero-order valence-electron chi connectivity index (χ0n) is 13.2. The van der Waals surface area contributed by atoms with Crippen LogP contribution in [-0.4, -0.2) is 41.5 Å². The molecule has 1 aromatic heterocycles. The molecule has 0 atom stereocenters. The van der Waals surface area contributed by atoms with E-state index < -0.39 is 5.97 Å². The van der Waals surface area contributed by atoms with Gasteiger partial charge in [-0.1, -0.05) is 19.3 Å². The van der Waals surface area contributed by atoms with E-state index >= 15 is 0 Å². The van der Waals surface area contributed by atoms with Gasteiger partial charge in [0.1, 0.15) is 0 Å². The normalized spacial score (nSPS) is 15.5. The summed E-state index contributed by atoms with van der Waals surface area (Å²) in [7, 11) is 1.80. The first-order valence-corrected chi connectivity index (χ1v) is 8.79. The highest BCUT2D eigenvalue weighted by Crippen LogP contribution is 2.22. The lowest BCUT2D eigenvalue weighted by Gasteiger charge is -2.31. The Bertz CT molecular complexity index is 707. The van der Waals surface area contributed by atoms with E-state index in [0.717, 1.165) is 35.9 Å². The number of rotatable bonds is 4. The van der Waals surface area contributed by atoms with E-state index in [-0.39, 0.29) is 18.6 Å². The number of nitrogens with zero attached hydrogens (tertiary/aromatic N) is 2. The number of fused-ring (bicyclic) bond motifs is 1. The van der Waals surface area contributed by atoms with Crippen LogP contribution in [0.1, 0.15) is 42.5 Å². The third-order valence-corrected chi connectivity index (χ3v) is 5.20. The second-order valence-electron chi connectivity index (χ2n) is 5.91. The quantitative estimate of drug-likeness (QED) is 0.807. The fourth-order valence-electron chi connectivity index (χ4n) is 2.97. The fraction of sp³-hybridized carbons (Fsp3) is 0.471. The van der Waals surface area contributed by atoms with Crippen LogP contribution in [0.25, 0.3) is 10.2 Å². The second kappa shape index (κ2) is 7.08. The summed E-state index contributed by atoms with van der Waals surface area (Å²) >= 11 is 1.47. The molecule has 6 heteroatoms.